The van der Waals surface area contributed by atoms with E-state index in [1.165, 1.54) is 18.2 Å². The molecule has 0 bridgehead atoms. The second kappa shape index (κ2) is 3.92. The molecule has 1 N–H and O–H groups in total. The summed E-state index contributed by atoms with van der Waals surface area (Å²) in [4.78, 5) is 11.1. The van der Waals surface area contributed by atoms with Gasteiger partial charge >= 0.3 is 0 Å². The van der Waals surface area contributed by atoms with Crippen LogP contribution in [0.4, 0.5) is 10.1 Å². The first-order valence-corrected chi connectivity index (χ1v) is 5.54. The van der Waals surface area contributed by atoms with Crippen molar-refractivity contribution in [1.29, 1.82) is 0 Å². The van der Waals surface area contributed by atoms with Gasteiger partial charge in [-0.25, -0.2) is 9.45 Å². The Morgan fingerprint density at radius 1 is 1.17 bits per heavy atom. The van der Waals surface area contributed by atoms with Crippen molar-refractivity contribution >= 4 is 12.0 Å². The number of carbonyl (C=O) groups excluding carboxylic acids is 1. The van der Waals surface area contributed by atoms with Gasteiger partial charge < -0.3 is 4.79 Å². The molecular weight excluding hydrogens is 233 g/mol. The molecule has 4 heteroatoms. The molecule has 1 atom stereocenters. The lowest BCUT2D eigenvalue weighted by molar-refractivity contribution is -0.110. The van der Waals surface area contributed by atoms with Crippen LogP contribution in [0, 0.1) is 5.82 Å². The predicted octanol–water partition coefficient (Wildman–Crippen LogP) is 2.94. The summed E-state index contributed by atoms with van der Waals surface area (Å²) in [5, 5.41) is 10.9. The maximum absolute atomic E-state index is 13.3. The number of anilines is 1. The summed E-state index contributed by atoms with van der Waals surface area (Å²) in [6.07, 6.45) is 0.672. The second-order valence-corrected chi connectivity index (χ2v) is 4.17. The number of hydrogen-bond acceptors (Lipinski definition) is 3. The summed E-state index contributed by atoms with van der Waals surface area (Å²) < 4.78 is 13.3. The molecular formula is C14H10FNO2. The lowest BCUT2D eigenvalue weighted by Crippen LogP contribution is -2.29. The molecule has 0 saturated carbocycles. The van der Waals surface area contributed by atoms with E-state index in [4.69, 9.17) is 0 Å². The molecule has 3 nitrogen and oxygen atoms in total. The summed E-state index contributed by atoms with van der Waals surface area (Å²) in [6, 6.07) is 10.5. The molecule has 0 fully saturated rings. The van der Waals surface area contributed by atoms with Gasteiger partial charge in [-0.05, 0) is 29.3 Å². The van der Waals surface area contributed by atoms with Gasteiger partial charge in [0.25, 0.3) is 0 Å². The van der Waals surface area contributed by atoms with Crippen LogP contribution < -0.4 is 5.06 Å². The van der Waals surface area contributed by atoms with Crippen LogP contribution >= 0.6 is 0 Å². The van der Waals surface area contributed by atoms with Crippen molar-refractivity contribution < 1.29 is 14.4 Å². The van der Waals surface area contributed by atoms with Crippen molar-refractivity contribution in [3.63, 3.8) is 0 Å². The van der Waals surface area contributed by atoms with Gasteiger partial charge in [-0.3, -0.25) is 5.21 Å². The van der Waals surface area contributed by atoms with Crippen LogP contribution in [0.25, 0.3) is 11.1 Å². The Morgan fingerprint density at radius 3 is 2.72 bits per heavy atom. The highest BCUT2D eigenvalue weighted by molar-refractivity contribution is 5.88. The Bertz CT molecular complexity index is 627. The number of aldehydes is 1. The van der Waals surface area contributed by atoms with Crippen LogP contribution in [0.3, 0.4) is 0 Å². The van der Waals surface area contributed by atoms with E-state index in [9.17, 15) is 14.4 Å². The smallest absolute Gasteiger partial charge is 0.149 e. The molecule has 0 spiro atoms. The van der Waals surface area contributed by atoms with Gasteiger partial charge in [0, 0.05) is 5.56 Å². The molecule has 1 heterocycles. The Hall–Kier alpha value is -2.20. The van der Waals surface area contributed by atoms with E-state index in [1.807, 2.05) is 12.1 Å². The number of rotatable bonds is 1. The number of hydrogen-bond donors (Lipinski definition) is 1. The Balaban J connectivity index is 2.33. The Kier molecular flexibility index (Phi) is 2.38. The largest absolute Gasteiger partial charge is 0.301 e. The zero-order valence-electron chi connectivity index (χ0n) is 9.38. The molecule has 0 saturated heterocycles. The van der Waals surface area contributed by atoms with Gasteiger partial charge in [0.05, 0.1) is 5.69 Å². The number of hydroxylamine groups is 1. The third-order valence-corrected chi connectivity index (χ3v) is 3.17. The number of carbonyl (C=O) groups is 1. The normalized spacial score (nSPS) is 17.0. The molecule has 18 heavy (non-hydrogen) atoms. The monoisotopic (exact) mass is 243 g/mol. The minimum atomic E-state index is -0.751. The molecule has 2 aromatic carbocycles. The van der Waals surface area contributed by atoms with E-state index in [-0.39, 0.29) is 5.82 Å². The Labute approximate surface area is 103 Å². The molecule has 0 aromatic heterocycles. The minimum Gasteiger partial charge on any atom is -0.301 e. The van der Waals surface area contributed by atoms with E-state index in [0.29, 0.717) is 23.1 Å². The van der Waals surface area contributed by atoms with Gasteiger partial charge in [-0.15, -0.1) is 0 Å². The first-order chi connectivity index (χ1) is 8.72. The zero-order chi connectivity index (χ0) is 12.7. The zero-order valence-corrected chi connectivity index (χ0v) is 9.38. The lowest BCUT2D eigenvalue weighted by Gasteiger charge is -2.32. The topological polar surface area (TPSA) is 40.5 Å². The quantitative estimate of drug-likeness (QED) is 0.783. The van der Waals surface area contributed by atoms with Crippen molar-refractivity contribution in [2.24, 2.45) is 0 Å². The molecule has 1 unspecified atom stereocenters. The first kappa shape index (κ1) is 10.9. The van der Waals surface area contributed by atoms with Crippen LogP contribution in [-0.4, -0.2) is 11.5 Å². The number of benzene rings is 2. The number of nitrogens with zero attached hydrogens (tertiary/aromatic N) is 1. The highest BCUT2D eigenvalue weighted by atomic mass is 19.1. The van der Waals surface area contributed by atoms with Crippen LogP contribution in [0.1, 0.15) is 11.6 Å². The fraction of sp³-hybridized carbons (Fsp3) is 0.0714. The maximum Gasteiger partial charge on any atom is 0.149 e. The standard InChI is InChI=1S/C14H10FNO2/c15-9-5-6-13-12(7-9)10-3-1-2-4-11(10)14(8-17)16(13)18/h1-8,14,18H. The average Bonchev–Trinajstić information content (AvgIpc) is 2.39. The van der Waals surface area contributed by atoms with E-state index in [1.54, 1.807) is 12.1 Å². The maximum atomic E-state index is 13.3. The SMILES string of the molecule is O=CC1c2ccccc2-c2cc(F)ccc2N1O. The lowest BCUT2D eigenvalue weighted by atomic mass is 9.90. The van der Waals surface area contributed by atoms with Gasteiger partial charge in [0.1, 0.15) is 18.1 Å². The van der Waals surface area contributed by atoms with Crippen LogP contribution in [0.2, 0.25) is 0 Å². The van der Waals surface area contributed by atoms with Gasteiger partial charge in [-0.2, -0.15) is 0 Å². The Morgan fingerprint density at radius 2 is 1.94 bits per heavy atom. The average molecular weight is 243 g/mol. The number of halogens is 1. The summed E-state index contributed by atoms with van der Waals surface area (Å²) in [7, 11) is 0. The third kappa shape index (κ3) is 1.43. The number of fused-ring (bicyclic) bond motifs is 3. The van der Waals surface area contributed by atoms with E-state index < -0.39 is 6.04 Å². The summed E-state index contributed by atoms with van der Waals surface area (Å²) in [6.45, 7) is 0. The fourth-order valence-electron chi connectivity index (χ4n) is 2.34. The first-order valence-electron chi connectivity index (χ1n) is 5.54. The highest BCUT2D eigenvalue weighted by Gasteiger charge is 2.29. The third-order valence-electron chi connectivity index (χ3n) is 3.17. The predicted molar refractivity (Wildman–Crippen MR) is 64.9 cm³/mol. The molecule has 90 valence electrons. The van der Waals surface area contributed by atoms with Crippen molar-refractivity contribution in [1.82, 2.24) is 0 Å². The van der Waals surface area contributed by atoms with Gasteiger partial charge in [-0.1, -0.05) is 24.3 Å². The van der Waals surface area contributed by atoms with E-state index in [0.717, 1.165) is 10.6 Å². The van der Waals surface area contributed by atoms with Crippen molar-refractivity contribution in [2.75, 3.05) is 5.06 Å². The van der Waals surface area contributed by atoms with Crippen LogP contribution in [0.5, 0.6) is 0 Å². The van der Waals surface area contributed by atoms with E-state index in [2.05, 4.69) is 0 Å². The molecule has 1 aliphatic heterocycles. The second-order valence-electron chi connectivity index (χ2n) is 4.17. The van der Waals surface area contributed by atoms with Crippen molar-refractivity contribution in [3.05, 3.63) is 53.8 Å². The molecule has 2 aromatic rings. The molecule has 0 radical (unpaired) electrons. The molecule has 0 aliphatic carbocycles. The molecule has 1 aliphatic rings. The van der Waals surface area contributed by atoms with Crippen LogP contribution in [0.15, 0.2) is 42.5 Å². The van der Waals surface area contributed by atoms with Crippen LogP contribution in [-0.2, 0) is 4.79 Å². The summed E-state index contributed by atoms with van der Waals surface area (Å²) >= 11 is 0. The highest BCUT2D eigenvalue weighted by Crippen LogP contribution is 2.42. The van der Waals surface area contributed by atoms with Gasteiger partial charge in [0.2, 0.25) is 0 Å². The summed E-state index contributed by atoms with van der Waals surface area (Å²) in [5.74, 6) is -0.374. The summed E-state index contributed by atoms with van der Waals surface area (Å²) in [5.41, 5.74) is 2.47. The van der Waals surface area contributed by atoms with Gasteiger partial charge in [0.15, 0.2) is 0 Å². The van der Waals surface area contributed by atoms with Crippen molar-refractivity contribution in [3.8, 4) is 11.1 Å². The minimum absolute atomic E-state index is 0.374. The molecule has 3 rings (SSSR count). The fourth-order valence-corrected chi connectivity index (χ4v) is 2.34. The van der Waals surface area contributed by atoms with E-state index >= 15 is 0 Å². The van der Waals surface area contributed by atoms with Crippen molar-refractivity contribution in [2.45, 2.75) is 6.04 Å². The molecule has 0 amide bonds.